The summed E-state index contributed by atoms with van der Waals surface area (Å²) in [6, 6.07) is 0.211. The van der Waals surface area contributed by atoms with Crippen LogP contribution in [0.15, 0.2) is 5.38 Å². The van der Waals surface area contributed by atoms with E-state index in [0.717, 1.165) is 23.5 Å². The molecule has 1 rings (SSSR count). The van der Waals surface area contributed by atoms with Gasteiger partial charge in [0.05, 0.1) is 18.2 Å². The molecule has 0 aliphatic carbocycles. The highest BCUT2D eigenvalue weighted by atomic mass is 32.1. The molecule has 17 heavy (non-hydrogen) atoms. The number of nitrogens with one attached hydrogen (secondary N) is 1. The van der Waals surface area contributed by atoms with Crippen molar-refractivity contribution in [2.24, 2.45) is 5.84 Å². The molecule has 0 aliphatic heterocycles. The second-order valence-electron chi connectivity index (χ2n) is 3.84. The fraction of sp³-hybridized carbons (Fsp3) is 0.727. The highest BCUT2D eigenvalue weighted by Crippen LogP contribution is 2.12. The minimum Gasteiger partial charge on any atom is -0.382 e. The molecule has 0 saturated carbocycles. The summed E-state index contributed by atoms with van der Waals surface area (Å²) in [6.07, 6.45) is 1.72. The van der Waals surface area contributed by atoms with Gasteiger partial charge in [-0.25, -0.2) is 4.98 Å². The zero-order valence-electron chi connectivity index (χ0n) is 10.4. The molecule has 5 nitrogen and oxygen atoms in total. The molecule has 1 heterocycles. The average molecular weight is 259 g/mol. The number of rotatable bonds is 9. The molecule has 1 aromatic heterocycles. The Kier molecular flexibility index (Phi) is 7.30. The van der Waals surface area contributed by atoms with Crippen molar-refractivity contribution in [2.45, 2.75) is 25.8 Å². The maximum absolute atomic E-state index is 5.51. The van der Waals surface area contributed by atoms with Crippen LogP contribution in [0.2, 0.25) is 0 Å². The maximum atomic E-state index is 5.51. The third-order valence-corrected chi connectivity index (χ3v) is 3.35. The zero-order chi connectivity index (χ0) is 12.5. The van der Waals surface area contributed by atoms with E-state index in [-0.39, 0.29) is 6.04 Å². The number of nitrogens with zero attached hydrogens (tertiary/aromatic N) is 1. The quantitative estimate of drug-likeness (QED) is 0.391. The van der Waals surface area contributed by atoms with Crippen LogP contribution >= 0.6 is 11.3 Å². The minimum atomic E-state index is 0.211. The second-order valence-corrected chi connectivity index (χ2v) is 4.79. The molecule has 3 N–H and O–H groups in total. The molecule has 0 aromatic carbocycles. The first-order valence-electron chi connectivity index (χ1n) is 5.70. The molecule has 1 unspecified atom stereocenters. The molecule has 1 aromatic rings. The molecule has 0 saturated heterocycles. The summed E-state index contributed by atoms with van der Waals surface area (Å²) in [5.41, 5.74) is 3.87. The number of hydrogen-bond donors (Lipinski definition) is 2. The molecule has 0 fully saturated rings. The smallest absolute Gasteiger partial charge is 0.0944 e. The van der Waals surface area contributed by atoms with Gasteiger partial charge in [0, 0.05) is 37.3 Å². The van der Waals surface area contributed by atoms with E-state index in [1.165, 1.54) is 0 Å². The molecule has 0 spiro atoms. The lowest BCUT2D eigenvalue weighted by Crippen LogP contribution is -2.37. The maximum Gasteiger partial charge on any atom is 0.0944 e. The summed E-state index contributed by atoms with van der Waals surface area (Å²) in [7, 11) is 1.67. The lowest BCUT2D eigenvalue weighted by molar-refractivity contribution is 0.0658. The first-order chi connectivity index (χ1) is 8.26. The van der Waals surface area contributed by atoms with Gasteiger partial charge >= 0.3 is 0 Å². The molecule has 0 amide bonds. The van der Waals surface area contributed by atoms with Crippen molar-refractivity contribution in [1.29, 1.82) is 0 Å². The Morgan fingerprint density at radius 1 is 1.47 bits per heavy atom. The first kappa shape index (κ1) is 14.5. The normalized spacial score (nSPS) is 12.9. The summed E-state index contributed by atoms with van der Waals surface area (Å²) in [4.78, 5) is 4.42. The van der Waals surface area contributed by atoms with Crippen molar-refractivity contribution in [3.05, 3.63) is 16.1 Å². The van der Waals surface area contributed by atoms with Gasteiger partial charge in [0.2, 0.25) is 0 Å². The largest absolute Gasteiger partial charge is 0.382 e. The van der Waals surface area contributed by atoms with Crippen LogP contribution < -0.4 is 11.3 Å². The standard InChI is InChI=1S/C11H21N3O2S/c1-9-8-17-11(13-9)7-10(14-12)3-4-16-6-5-15-2/h8,10,14H,3-7,12H2,1-2H3. The Bertz CT molecular complexity index is 307. The second kappa shape index (κ2) is 8.54. The summed E-state index contributed by atoms with van der Waals surface area (Å²) >= 11 is 1.67. The number of ether oxygens (including phenoxy) is 2. The summed E-state index contributed by atoms with van der Waals surface area (Å²) in [6.45, 7) is 3.94. The van der Waals surface area contributed by atoms with Crippen LogP contribution in [0.4, 0.5) is 0 Å². The third kappa shape index (κ3) is 6.09. The van der Waals surface area contributed by atoms with Crippen LogP contribution in [0.5, 0.6) is 0 Å². The molecule has 0 bridgehead atoms. The van der Waals surface area contributed by atoms with Crippen LogP contribution in [0.25, 0.3) is 0 Å². The third-order valence-electron chi connectivity index (χ3n) is 2.37. The van der Waals surface area contributed by atoms with Crippen LogP contribution in [-0.4, -0.2) is 38.0 Å². The van der Waals surface area contributed by atoms with Gasteiger partial charge in [-0.2, -0.15) is 0 Å². The number of methoxy groups -OCH3 is 1. The molecular weight excluding hydrogens is 238 g/mol. The van der Waals surface area contributed by atoms with Gasteiger partial charge in [-0.15, -0.1) is 11.3 Å². The predicted octanol–water partition coefficient (Wildman–Crippen LogP) is 0.879. The van der Waals surface area contributed by atoms with Gasteiger partial charge in [-0.1, -0.05) is 0 Å². The Morgan fingerprint density at radius 3 is 2.88 bits per heavy atom. The Hall–Kier alpha value is -0.530. The van der Waals surface area contributed by atoms with Crippen molar-refractivity contribution >= 4 is 11.3 Å². The monoisotopic (exact) mass is 259 g/mol. The van der Waals surface area contributed by atoms with Crippen molar-refractivity contribution in [2.75, 3.05) is 26.9 Å². The zero-order valence-corrected chi connectivity index (χ0v) is 11.3. The summed E-state index contributed by atoms with van der Waals surface area (Å²) in [5, 5.41) is 3.17. The number of nitrogens with two attached hydrogens (primary N) is 1. The van der Waals surface area contributed by atoms with Crippen molar-refractivity contribution < 1.29 is 9.47 Å². The summed E-state index contributed by atoms with van der Waals surface area (Å²) in [5.74, 6) is 5.51. The van der Waals surface area contributed by atoms with E-state index in [4.69, 9.17) is 15.3 Å². The van der Waals surface area contributed by atoms with Gasteiger partial charge in [0.1, 0.15) is 0 Å². The topological polar surface area (TPSA) is 69.4 Å². The molecule has 0 aliphatic rings. The molecule has 0 radical (unpaired) electrons. The fourth-order valence-electron chi connectivity index (χ4n) is 1.42. The number of hydrogen-bond acceptors (Lipinski definition) is 6. The molecule has 98 valence electrons. The molecular formula is C11H21N3O2S. The van der Waals surface area contributed by atoms with Crippen molar-refractivity contribution in [3.8, 4) is 0 Å². The number of aromatic nitrogens is 1. The lowest BCUT2D eigenvalue weighted by Gasteiger charge is -2.14. The molecule has 6 heteroatoms. The highest BCUT2D eigenvalue weighted by Gasteiger charge is 2.10. The minimum absolute atomic E-state index is 0.211. The van der Waals surface area contributed by atoms with E-state index < -0.39 is 0 Å². The van der Waals surface area contributed by atoms with Crippen LogP contribution in [-0.2, 0) is 15.9 Å². The number of hydrazine groups is 1. The van der Waals surface area contributed by atoms with E-state index >= 15 is 0 Å². The van der Waals surface area contributed by atoms with Crippen LogP contribution in [0, 0.1) is 6.92 Å². The first-order valence-corrected chi connectivity index (χ1v) is 6.58. The molecule has 1 atom stereocenters. The van der Waals surface area contributed by atoms with E-state index in [1.54, 1.807) is 18.4 Å². The number of thiazole rings is 1. The SMILES string of the molecule is COCCOCCC(Cc1nc(C)cs1)NN. The van der Waals surface area contributed by atoms with Gasteiger partial charge in [-0.3, -0.25) is 11.3 Å². The van der Waals surface area contributed by atoms with Gasteiger partial charge in [0.25, 0.3) is 0 Å². The van der Waals surface area contributed by atoms with Crippen molar-refractivity contribution in [3.63, 3.8) is 0 Å². The van der Waals surface area contributed by atoms with Gasteiger partial charge < -0.3 is 9.47 Å². The highest BCUT2D eigenvalue weighted by molar-refractivity contribution is 7.09. The predicted molar refractivity (Wildman–Crippen MR) is 69.0 cm³/mol. The Labute approximate surface area is 106 Å². The number of aryl methyl sites for hydroxylation is 1. The van der Waals surface area contributed by atoms with E-state index in [2.05, 4.69) is 15.8 Å². The van der Waals surface area contributed by atoms with Gasteiger partial charge in [0.15, 0.2) is 0 Å². The van der Waals surface area contributed by atoms with Gasteiger partial charge in [-0.05, 0) is 13.3 Å². The summed E-state index contributed by atoms with van der Waals surface area (Å²) < 4.78 is 10.3. The Morgan fingerprint density at radius 2 is 2.29 bits per heavy atom. The fourth-order valence-corrected chi connectivity index (χ4v) is 2.27. The average Bonchev–Trinajstić information content (AvgIpc) is 2.73. The van der Waals surface area contributed by atoms with Crippen molar-refractivity contribution in [1.82, 2.24) is 10.4 Å². The Balaban J connectivity index is 2.19. The lowest BCUT2D eigenvalue weighted by atomic mass is 10.1. The van der Waals surface area contributed by atoms with E-state index in [1.807, 2.05) is 6.92 Å². The van der Waals surface area contributed by atoms with Crippen LogP contribution in [0.3, 0.4) is 0 Å². The van der Waals surface area contributed by atoms with E-state index in [9.17, 15) is 0 Å². The van der Waals surface area contributed by atoms with E-state index in [0.29, 0.717) is 19.8 Å². The van der Waals surface area contributed by atoms with Crippen LogP contribution in [0.1, 0.15) is 17.1 Å².